The molecule has 0 bridgehead atoms. The average molecular weight is 818 g/mol. The van der Waals surface area contributed by atoms with Gasteiger partial charge in [0.05, 0.1) is 8.07 Å². The zero-order valence-corrected chi connectivity index (χ0v) is 32.9. The van der Waals surface area contributed by atoms with Gasteiger partial charge in [-0.2, -0.15) is 31.3 Å². The Balaban J connectivity index is -0.00000113. The van der Waals surface area contributed by atoms with E-state index in [1.54, 1.807) is 12.1 Å². The van der Waals surface area contributed by atoms with Crippen molar-refractivity contribution in [2.24, 2.45) is 0 Å². The van der Waals surface area contributed by atoms with E-state index < -0.39 is 87.2 Å². The number of rotatable bonds is 7. The van der Waals surface area contributed by atoms with Crippen LogP contribution in [-0.4, -0.2) is 94.4 Å². The molecule has 1 aromatic rings. The van der Waals surface area contributed by atoms with Gasteiger partial charge in [0.15, 0.2) is 14.5 Å². The van der Waals surface area contributed by atoms with E-state index in [0.717, 1.165) is 35.0 Å². The first kappa shape index (κ1) is 50.7. The number of carbonyl (C=O) groups is 1. The molecular formula is C23H38F11NO7Si6. The van der Waals surface area contributed by atoms with Gasteiger partial charge < -0.3 is 18.2 Å². The maximum atomic E-state index is 13.0. The van der Waals surface area contributed by atoms with E-state index in [2.05, 4.69) is 31.1 Å². The molecular weight excluding hydrogens is 780 g/mol. The van der Waals surface area contributed by atoms with Crippen molar-refractivity contribution in [2.45, 2.75) is 75.9 Å². The van der Waals surface area contributed by atoms with Crippen molar-refractivity contribution in [3.8, 4) is 0 Å². The topological polar surface area (TPSA) is 107 Å². The van der Waals surface area contributed by atoms with E-state index in [4.69, 9.17) is 22.5 Å². The van der Waals surface area contributed by atoms with Gasteiger partial charge in [-0.05, 0) is 48.1 Å². The van der Waals surface area contributed by atoms with Gasteiger partial charge >= 0.3 is 37.6 Å². The summed E-state index contributed by atoms with van der Waals surface area (Å²) >= 11 is 0. The minimum absolute atomic E-state index is 0.455. The summed E-state index contributed by atoms with van der Waals surface area (Å²) in [5.74, 6) is -0.988. The molecule has 1 aliphatic heterocycles. The minimum Gasteiger partial charge on any atom is -0.420 e. The predicted octanol–water partition coefficient (Wildman–Crippen LogP) is 6.39. The quantitative estimate of drug-likeness (QED) is 0.232. The highest BCUT2D eigenvalue weighted by Crippen LogP contribution is 2.27. The first-order valence-corrected chi connectivity index (χ1v) is 29.2. The van der Waals surface area contributed by atoms with Crippen LogP contribution in [0.1, 0.15) is 19.3 Å². The maximum Gasteiger partial charge on any atom is 0.549 e. The Labute approximate surface area is 278 Å². The summed E-state index contributed by atoms with van der Waals surface area (Å²) in [4.78, 5) is 15.5. The van der Waals surface area contributed by atoms with Crippen LogP contribution in [-0.2, 0) is 32.0 Å². The van der Waals surface area contributed by atoms with Gasteiger partial charge in [0.2, 0.25) is 12.8 Å². The Morgan fingerprint density at radius 1 is 1.08 bits per heavy atom. The highest BCUT2D eigenvalue weighted by molar-refractivity contribution is 7.61. The fourth-order valence-corrected chi connectivity index (χ4v) is 46.5. The molecule has 25 heteroatoms. The number of alkyl halides is 8. The molecule has 1 saturated heterocycles. The largest absolute Gasteiger partial charge is 0.549 e. The van der Waals surface area contributed by atoms with Gasteiger partial charge in [0.25, 0.3) is 0 Å². The normalized spacial score (nSPS) is 18.2. The molecule has 278 valence electrons. The molecule has 8 nitrogen and oxygen atoms in total. The van der Waals surface area contributed by atoms with Crippen molar-refractivity contribution in [3.05, 3.63) is 24.3 Å². The van der Waals surface area contributed by atoms with Crippen LogP contribution in [0.15, 0.2) is 24.3 Å². The molecule has 0 spiro atoms. The van der Waals surface area contributed by atoms with Crippen LogP contribution in [0, 0.1) is 0 Å². The number of nitrogens with zero attached hydrogens (tertiary/aromatic N) is 1. The van der Waals surface area contributed by atoms with E-state index in [9.17, 15) is 53.4 Å². The van der Waals surface area contributed by atoms with E-state index in [1.807, 2.05) is 12.1 Å². The number of amides is 1. The summed E-state index contributed by atoms with van der Waals surface area (Å²) in [6, 6.07) is 9.59. The number of anilines is 1. The predicted molar refractivity (Wildman–Crippen MR) is 164 cm³/mol. The molecule has 48 heavy (non-hydrogen) atoms. The summed E-state index contributed by atoms with van der Waals surface area (Å²) in [5.41, 5.74) is 0.455. The van der Waals surface area contributed by atoms with Gasteiger partial charge in [-0.1, -0.05) is 43.0 Å². The Kier molecular flexibility index (Phi) is 26.7. The minimum atomic E-state index is -4.62. The Hall–Kier alpha value is -1.66. The van der Waals surface area contributed by atoms with Gasteiger partial charge in [-0.15, -0.1) is 0 Å². The third-order valence-electron chi connectivity index (χ3n) is 6.99. The Morgan fingerprint density at radius 2 is 1.58 bits per heavy atom. The lowest BCUT2D eigenvalue weighted by molar-refractivity contribution is -0.167. The molecule has 1 aliphatic rings. The number of hydrogen-bond donors (Lipinski definition) is 0. The summed E-state index contributed by atoms with van der Waals surface area (Å²) < 4.78 is 164. The van der Waals surface area contributed by atoms with Gasteiger partial charge in [-0.3, -0.25) is 13.7 Å². The van der Waals surface area contributed by atoms with Crippen LogP contribution < -0.4 is 10.1 Å². The highest BCUT2D eigenvalue weighted by atomic mass is 29.8. The molecule has 0 radical (unpaired) electrons. The van der Waals surface area contributed by atoms with Crippen molar-refractivity contribution < 1.29 is 80.8 Å². The zero-order chi connectivity index (χ0) is 38.4. The smallest absolute Gasteiger partial charge is 0.420 e. The number of benzene rings is 1. The summed E-state index contributed by atoms with van der Waals surface area (Å²) in [6.45, 7) is 5.72. The second kappa shape index (κ2) is 25.3. The molecule has 2 atom stereocenters. The lowest BCUT2D eigenvalue weighted by Crippen LogP contribution is -2.58. The summed E-state index contributed by atoms with van der Waals surface area (Å²) in [7, 11) is -10.1. The first-order valence-electron chi connectivity index (χ1n) is 13.8. The van der Waals surface area contributed by atoms with E-state index in [1.165, 1.54) is 7.05 Å². The Morgan fingerprint density at radius 3 is 2.02 bits per heavy atom. The van der Waals surface area contributed by atoms with Gasteiger partial charge in [-0.25, -0.2) is 8.78 Å². The van der Waals surface area contributed by atoms with Crippen molar-refractivity contribution in [1.82, 2.24) is 0 Å². The van der Waals surface area contributed by atoms with Crippen LogP contribution in [0.4, 0.5) is 54.5 Å². The van der Waals surface area contributed by atoms with E-state index >= 15 is 0 Å². The monoisotopic (exact) mass is 817 g/mol. The average Bonchev–Trinajstić information content (AvgIpc) is 3.06. The number of halogens is 11. The number of hydrogen-bond acceptors (Lipinski definition) is 7. The highest BCUT2D eigenvalue weighted by Gasteiger charge is 2.46. The van der Waals surface area contributed by atoms with Crippen molar-refractivity contribution in [2.75, 3.05) is 32.1 Å². The third-order valence-corrected chi connectivity index (χ3v) is 45.8. The van der Waals surface area contributed by atoms with Crippen molar-refractivity contribution >= 4 is 65.7 Å². The molecule has 2 unspecified atom stereocenters. The van der Waals surface area contributed by atoms with Gasteiger partial charge in [0.1, 0.15) is 14.3 Å². The van der Waals surface area contributed by atoms with Gasteiger partial charge in [0, 0.05) is 28.5 Å². The van der Waals surface area contributed by atoms with Crippen LogP contribution in [0.5, 0.6) is 0 Å². The standard InChI is InChI=1S/C20H34F3NO4Si5.C2H2F4.CH2F2O.F2.O2Si/c1-24(19(25)16-20(21,22)23)17-9-8-10-18(15-17)32(3,4)13-14-33(5)28-11-6-7-12-30(26)31(27)29(33)2;3-1-2(4,5)6;2-1-4-3;1-2;1-3-2/h8-10,15,29H,6-7,11-14,16H2,1-5H3;1H2;1H2;;. The lowest BCUT2D eigenvalue weighted by Gasteiger charge is -2.34. The second-order valence-electron chi connectivity index (χ2n) is 10.9. The molecule has 1 amide bonds. The lowest BCUT2D eigenvalue weighted by atomic mass is 10.2. The third kappa shape index (κ3) is 22.1. The molecule has 1 fully saturated rings. The van der Waals surface area contributed by atoms with E-state index in [0.29, 0.717) is 18.3 Å². The molecule has 1 heterocycles. The Bertz CT molecular complexity index is 1140. The van der Waals surface area contributed by atoms with E-state index in [-0.39, 0.29) is 0 Å². The molecule has 0 aromatic heterocycles. The second-order valence-corrected chi connectivity index (χ2v) is 39.8. The molecule has 1 aromatic carbocycles. The maximum absolute atomic E-state index is 13.0. The first-order chi connectivity index (χ1) is 22.1. The van der Waals surface area contributed by atoms with Crippen LogP contribution in [0.2, 0.25) is 44.3 Å². The summed E-state index contributed by atoms with van der Waals surface area (Å²) in [6.07, 6.45) is -8.98. The van der Waals surface area contributed by atoms with Crippen LogP contribution in [0.3, 0.4) is 0 Å². The fraction of sp³-hybridized carbons (Fsp3) is 0.696. The number of carbonyl (C=O) groups excluding carboxylic acids is 1. The molecule has 0 N–H and O–H groups in total. The summed E-state index contributed by atoms with van der Waals surface area (Å²) in [5, 5.41) is 1.06. The van der Waals surface area contributed by atoms with Crippen molar-refractivity contribution in [3.63, 3.8) is 0 Å². The molecule has 0 saturated carbocycles. The van der Waals surface area contributed by atoms with Crippen LogP contribution in [0.25, 0.3) is 0 Å². The van der Waals surface area contributed by atoms with Crippen LogP contribution >= 0.6 is 0 Å². The molecule has 2 rings (SSSR count). The zero-order valence-electron chi connectivity index (χ0n) is 26.7. The fourth-order valence-electron chi connectivity index (χ4n) is 4.02. The van der Waals surface area contributed by atoms with Crippen molar-refractivity contribution in [1.29, 1.82) is 0 Å². The molecule has 0 aliphatic carbocycles. The SMILES string of the molecule is CN(C(=O)CC(F)(F)F)c1cccc([Si](C)(C)CC[Si]2(C)OCCCC[Si](=O)[Si](=O)[SiH]2C)c1.FCC(F)(F)F.FCOF.FF.O=[Si]=O.